The van der Waals surface area contributed by atoms with Crippen molar-refractivity contribution in [1.82, 2.24) is 5.32 Å². The maximum atomic E-state index is 14.8. The first-order chi connectivity index (χ1) is 20.4. The average Bonchev–Trinajstić information content (AvgIpc) is 3.70. The van der Waals surface area contributed by atoms with Crippen LogP contribution in [0.3, 0.4) is 0 Å². The second-order valence-electron chi connectivity index (χ2n) is 13.7. The van der Waals surface area contributed by atoms with Crippen LogP contribution in [0.5, 0.6) is 0 Å². The average molecular weight is 600 g/mol. The third-order valence-electron chi connectivity index (χ3n) is 11.2. The molecule has 10 heteroatoms. The first kappa shape index (κ1) is 28.6. The number of hydrogen-bond acceptors (Lipinski definition) is 5. The molecule has 230 valence electrons. The fourth-order valence-corrected chi connectivity index (χ4v) is 9.50. The van der Waals surface area contributed by atoms with E-state index in [0.717, 1.165) is 68.1 Å². The monoisotopic (exact) mass is 599 g/mol. The molecule has 2 aliphatic heterocycles. The summed E-state index contributed by atoms with van der Waals surface area (Å²) in [5.41, 5.74) is -2.94. The Bertz CT molecular complexity index is 1450. The van der Waals surface area contributed by atoms with Gasteiger partial charge in [-0.05, 0) is 31.8 Å². The van der Waals surface area contributed by atoms with Gasteiger partial charge in [0.15, 0.2) is 11.3 Å². The van der Waals surface area contributed by atoms with Crippen LogP contribution in [0.1, 0.15) is 57.4 Å². The van der Waals surface area contributed by atoms with Crippen LogP contribution in [0.15, 0.2) is 59.4 Å². The van der Waals surface area contributed by atoms with Gasteiger partial charge in [-0.3, -0.25) is 9.59 Å². The summed E-state index contributed by atoms with van der Waals surface area (Å²) in [5, 5.41) is 14.0. The van der Waals surface area contributed by atoms with Crippen LogP contribution in [-0.4, -0.2) is 65.7 Å². The third-order valence-corrected chi connectivity index (χ3v) is 11.2. The second-order valence-corrected chi connectivity index (χ2v) is 13.7. The lowest BCUT2D eigenvalue weighted by Gasteiger charge is -2.64. The van der Waals surface area contributed by atoms with Crippen molar-refractivity contribution in [2.24, 2.45) is 23.2 Å². The molecule has 1 spiro atoms. The maximum absolute atomic E-state index is 14.8. The number of hydrogen-bond donors (Lipinski definition) is 2. The van der Waals surface area contributed by atoms with Gasteiger partial charge in [-0.2, -0.15) is 13.2 Å². The molecule has 2 saturated heterocycles. The Hall–Kier alpha value is -3.11. The van der Waals surface area contributed by atoms with Crippen LogP contribution >= 0.6 is 0 Å². The number of piperidine rings is 1. The summed E-state index contributed by atoms with van der Waals surface area (Å²) in [7, 11) is 2.36. The molecule has 0 radical (unpaired) electrons. The van der Waals surface area contributed by atoms with Gasteiger partial charge >= 0.3 is 12.1 Å². The third kappa shape index (κ3) is 4.30. The number of esters is 1. The van der Waals surface area contributed by atoms with Crippen LogP contribution in [-0.2, 0) is 19.1 Å². The highest BCUT2D eigenvalue weighted by atomic mass is 19.4. The van der Waals surface area contributed by atoms with Gasteiger partial charge < -0.3 is 24.4 Å². The van der Waals surface area contributed by atoms with Gasteiger partial charge in [-0.25, -0.2) is 0 Å². The predicted molar refractivity (Wildman–Crippen MR) is 151 cm³/mol. The van der Waals surface area contributed by atoms with E-state index in [-0.39, 0.29) is 23.3 Å². The van der Waals surface area contributed by atoms with Crippen molar-refractivity contribution in [3.05, 3.63) is 65.0 Å². The highest BCUT2D eigenvalue weighted by Crippen LogP contribution is 2.70. The van der Waals surface area contributed by atoms with Crippen molar-refractivity contribution in [3.63, 3.8) is 0 Å². The van der Waals surface area contributed by atoms with Crippen LogP contribution in [0.2, 0.25) is 0 Å². The Morgan fingerprint density at radius 2 is 1.88 bits per heavy atom. The van der Waals surface area contributed by atoms with E-state index in [1.54, 1.807) is 6.07 Å². The van der Waals surface area contributed by atoms with Crippen LogP contribution in [0, 0.1) is 23.2 Å². The number of alkyl halides is 3. The number of carbonyl (C=O) groups is 2. The minimum absolute atomic E-state index is 0.0677. The zero-order chi connectivity index (χ0) is 30.4. The molecule has 1 amide bonds. The van der Waals surface area contributed by atoms with Gasteiger partial charge in [0.25, 0.3) is 5.91 Å². The number of amides is 1. The number of nitrogens with one attached hydrogen (secondary N) is 1. The van der Waals surface area contributed by atoms with Crippen LogP contribution < -0.4 is 5.32 Å². The first-order valence-corrected chi connectivity index (χ1v) is 15.4. The molecule has 4 aliphatic carbocycles. The largest absolute Gasteiger partial charge is 0.507 e. The van der Waals surface area contributed by atoms with Crippen molar-refractivity contribution >= 4 is 17.6 Å². The van der Waals surface area contributed by atoms with Crippen molar-refractivity contribution < 1.29 is 41.8 Å². The summed E-state index contributed by atoms with van der Waals surface area (Å²) in [6, 6.07) is 7.66. The quantitative estimate of drug-likeness (QED) is 0.194. The number of aliphatic hydroxyl groups is 1. The van der Waals surface area contributed by atoms with E-state index in [4.69, 9.17) is 9.47 Å². The number of allylic oxidation sites excluding steroid dienone is 2. The molecule has 2 heterocycles. The Balaban J connectivity index is 1.32. The Kier molecular flexibility index (Phi) is 6.46. The zero-order valence-electron chi connectivity index (χ0n) is 24.5. The van der Waals surface area contributed by atoms with Gasteiger partial charge in [0, 0.05) is 48.5 Å². The highest BCUT2D eigenvalue weighted by Gasteiger charge is 2.76. The van der Waals surface area contributed by atoms with Gasteiger partial charge in [0.2, 0.25) is 5.72 Å². The molecular formula is C33H38F3N2O5+. The number of ether oxygens (including phenoxy) is 2. The molecule has 3 saturated carbocycles. The van der Waals surface area contributed by atoms with Gasteiger partial charge in [0.05, 0.1) is 32.3 Å². The van der Waals surface area contributed by atoms with Gasteiger partial charge in [0.1, 0.15) is 5.76 Å². The fraction of sp³-hybridized carbons (Fsp3) is 0.576. The van der Waals surface area contributed by atoms with E-state index in [2.05, 4.69) is 12.4 Å². The molecule has 2 bridgehead atoms. The molecular weight excluding hydrogens is 561 g/mol. The standard InChI is InChI=1S/C33H37F3N2O5/c1-19(39)42-28(21-7-4-3-5-8-21)27(33(34,35)36)30(41)37-32-25(40)14-13-22-17-24-23-9-6-10-26(43-32)31(23,29(22)32)15-16-38(24,2)18-20-11-12-20/h3-5,7-8,13-14,20,23-24,26,29H,6,9-12,15-18H2,1-2H3,(H-,37,40,41)/p+1/t23-,24+,26-,29?,31+,32?,38?/m0/s1. The lowest BCUT2D eigenvalue weighted by Crippen LogP contribution is -2.72. The van der Waals surface area contributed by atoms with Crippen molar-refractivity contribution in [3.8, 4) is 0 Å². The van der Waals surface area contributed by atoms with E-state index in [9.17, 15) is 27.9 Å². The molecule has 43 heavy (non-hydrogen) atoms. The van der Waals surface area contributed by atoms with Crippen LogP contribution in [0.25, 0.3) is 5.76 Å². The van der Waals surface area contributed by atoms with E-state index >= 15 is 0 Å². The first-order valence-electron chi connectivity index (χ1n) is 15.4. The minimum atomic E-state index is -5.18. The summed E-state index contributed by atoms with van der Waals surface area (Å²) >= 11 is 0. The zero-order valence-corrected chi connectivity index (χ0v) is 24.5. The SMILES string of the molecule is CC(=O)OC(=C(C(=O)NC12O[C@H]3CCC[C@H]4[C@H]5CC(=CC=C1O)C2[C@@]34CC[N+]5(C)CC1CC1)C(F)(F)F)c1ccccc1. The summed E-state index contributed by atoms with van der Waals surface area (Å²) in [6.45, 7) is 3.07. The number of aliphatic hydroxyl groups excluding tert-OH is 1. The Morgan fingerprint density at radius 3 is 2.56 bits per heavy atom. The van der Waals surface area contributed by atoms with Crippen molar-refractivity contribution in [2.75, 3.05) is 20.1 Å². The summed E-state index contributed by atoms with van der Waals surface area (Å²) in [6.07, 6.45) is 4.64. The predicted octanol–water partition coefficient (Wildman–Crippen LogP) is 5.55. The Morgan fingerprint density at radius 1 is 1.14 bits per heavy atom. The number of rotatable bonds is 6. The topological polar surface area (TPSA) is 84.9 Å². The minimum Gasteiger partial charge on any atom is -0.507 e. The summed E-state index contributed by atoms with van der Waals surface area (Å²) in [5.74, 6) is -3.14. The molecule has 6 aliphatic rings. The normalized spacial score (nSPS) is 38.3. The molecule has 2 N–H and O–H groups in total. The molecule has 7 nitrogen and oxygen atoms in total. The smallest absolute Gasteiger partial charge is 0.425 e. The molecule has 3 unspecified atom stereocenters. The molecule has 5 fully saturated rings. The summed E-state index contributed by atoms with van der Waals surface area (Å²) < 4.78 is 57.0. The maximum Gasteiger partial charge on any atom is 0.425 e. The number of halogens is 3. The summed E-state index contributed by atoms with van der Waals surface area (Å²) in [4.78, 5) is 25.9. The number of carbonyl (C=O) groups excluding carboxylic acids is 2. The highest BCUT2D eigenvalue weighted by molar-refractivity contribution is 6.03. The molecule has 1 aromatic carbocycles. The molecule has 7 atom stereocenters. The molecule has 1 aromatic rings. The second kappa shape index (κ2) is 9.69. The van der Waals surface area contributed by atoms with E-state index in [1.165, 1.54) is 43.2 Å². The Labute approximate surface area is 249 Å². The van der Waals surface area contributed by atoms with Crippen LogP contribution in [0.4, 0.5) is 13.2 Å². The van der Waals surface area contributed by atoms with E-state index in [0.29, 0.717) is 6.04 Å². The van der Waals surface area contributed by atoms with Gasteiger partial charge in [-0.1, -0.05) is 48.4 Å². The number of quaternary nitrogens is 1. The fourth-order valence-electron chi connectivity index (χ4n) is 9.50. The number of benzene rings is 1. The number of nitrogens with zero attached hydrogens (tertiary/aromatic N) is 1. The molecule has 7 rings (SSSR count). The van der Waals surface area contributed by atoms with E-state index in [1.807, 2.05) is 6.08 Å². The van der Waals surface area contributed by atoms with E-state index < -0.39 is 46.4 Å². The van der Waals surface area contributed by atoms with Crippen molar-refractivity contribution in [2.45, 2.75) is 75.9 Å². The van der Waals surface area contributed by atoms with Crippen molar-refractivity contribution in [1.29, 1.82) is 0 Å². The lowest BCUT2D eigenvalue weighted by atomic mass is 9.46. The lowest BCUT2D eigenvalue weighted by molar-refractivity contribution is -0.948. The van der Waals surface area contributed by atoms with Gasteiger partial charge in [-0.15, -0.1) is 0 Å². The number of likely N-dealkylation sites (tertiary alicyclic amines) is 1. The molecule has 0 aromatic heterocycles.